The Balaban J connectivity index is 1.32. The average Bonchev–Trinajstić information content (AvgIpc) is 3.04. The third-order valence-corrected chi connectivity index (χ3v) is 8.41. The van der Waals surface area contributed by atoms with Crippen LogP contribution < -0.4 is 10.6 Å². The van der Waals surface area contributed by atoms with Crippen LogP contribution in [0.15, 0.2) is 67.0 Å². The van der Waals surface area contributed by atoms with Crippen molar-refractivity contribution in [3.63, 3.8) is 0 Å². The first kappa shape index (κ1) is 31.5. The number of rotatable bonds is 9. The maximum Gasteiger partial charge on any atom is 0.320 e. The van der Waals surface area contributed by atoms with Crippen LogP contribution >= 0.6 is 11.6 Å². The largest absolute Gasteiger partial charge is 0.480 e. The van der Waals surface area contributed by atoms with E-state index in [4.69, 9.17) is 11.6 Å². The molecule has 230 valence electrons. The lowest BCUT2D eigenvalue weighted by Crippen LogP contribution is -2.44. The Morgan fingerprint density at radius 3 is 2.31 bits per heavy atom. The van der Waals surface area contributed by atoms with Crippen molar-refractivity contribution in [2.45, 2.75) is 45.7 Å². The zero-order valence-corrected chi connectivity index (χ0v) is 25.6. The first-order valence-electron chi connectivity index (χ1n) is 14.5. The fourth-order valence-electron chi connectivity index (χ4n) is 5.43. The minimum Gasteiger partial charge on any atom is -0.480 e. The molecule has 1 fully saturated rings. The van der Waals surface area contributed by atoms with Gasteiger partial charge in [-0.3, -0.25) is 34.0 Å². The number of likely N-dealkylation sites (tertiary alicyclic amines) is 1. The third kappa shape index (κ3) is 7.08. The number of amides is 2. The molecule has 1 atom stereocenters. The number of piperidine rings is 1. The summed E-state index contributed by atoms with van der Waals surface area (Å²) in [7, 11) is 0. The van der Waals surface area contributed by atoms with Crippen LogP contribution in [0.1, 0.15) is 67.3 Å². The normalized spacial score (nSPS) is 14.9. The Morgan fingerprint density at radius 2 is 1.62 bits per heavy atom. The summed E-state index contributed by atoms with van der Waals surface area (Å²) in [5.74, 6) is -1.67. The Kier molecular flexibility index (Phi) is 9.65. The van der Waals surface area contributed by atoms with Gasteiger partial charge in [-0.2, -0.15) is 0 Å². The molecule has 3 heterocycles. The van der Waals surface area contributed by atoms with Crippen LogP contribution in [0.3, 0.4) is 0 Å². The van der Waals surface area contributed by atoms with Crippen LogP contribution in [0, 0.1) is 13.8 Å². The SMILES string of the molecule is Cc1cc(C(=O)Nc2cccc(-c3cccc(NC(=O)c4ccc(C=O)cn4)c3Cl)c2C)ncc1CN1CCCC[C@H]1C(=O)O. The smallest absolute Gasteiger partial charge is 0.320 e. The predicted octanol–water partition coefficient (Wildman–Crippen LogP) is 6.17. The summed E-state index contributed by atoms with van der Waals surface area (Å²) in [6.45, 7) is 4.93. The molecule has 10 nitrogen and oxygen atoms in total. The molecule has 2 aromatic heterocycles. The van der Waals surface area contributed by atoms with E-state index >= 15 is 0 Å². The topological polar surface area (TPSA) is 142 Å². The van der Waals surface area contributed by atoms with Gasteiger partial charge in [0, 0.05) is 35.8 Å². The number of hydrogen-bond donors (Lipinski definition) is 3. The van der Waals surface area contributed by atoms with Crippen LogP contribution in [-0.4, -0.2) is 56.6 Å². The molecule has 4 aromatic rings. The van der Waals surface area contributed by atoms with Crippen molar-refractivity contribution in [1.29, 1.82) is 0 Å². The molecule has 1 aliphatic rings. The quantitative estimate of drug-likeness (QED) is 0.188. The molecule has 2 amide bonds. The second-order valence-corrected chi connectivity index (χ2v) is 11.3. The van der Waals surface area contributed by atoms with Crippen LogP contribution in [0.5, 0.6) is 0 Å². The number of aldehydes is 1. The second kappa shape index (κ2) is 13.8. The molecule has 1 saturated heterocycles. The van der Waals surface area contributed by atoms with Crippen molar-refractivity contribution in [2.75, 3.05) is 17.2 Å². The lowest BCUT2D eigenvalue weighted by Gasteiger charge is -2.33. The molecule has 3 N–H and O–H groups in total. The Labute approximate surface area is 265 Å². The summed E-state index contributed by atoms with van der Waals surface area (Å²) in [5.41, 5.74) is 5.61. The molecule has 11 heteroatoms. The Bertz CT molecular complexity index is 1780. The first-order chi connectivity index (χ1) is 21.7. The fraction of sp³-hybridized carbons (Fsp3) is 0.235. The van der Waals surface area contributed by atoms with Crippen molar-refractivity contribution < 1.29 is 24.3 Å². The van der Waals surface area contributed by atoms with E-state index < -0.39 is 17.9 Å². The molecule has 5 rings (SSSR count). The van der Waals surface area contributed by atoms with E-state index in [-0.39, 0.29) is 17.3 Å². The van der Waals surface area contributed by atoms with E-state index in [1.165, 1.54) is 18.3 Å². The van der Waals surface area contributed by atoms with Gasteiger partial charge in [0.15, 0.2) is 6.29 Å². The summed E-state index contributed by atoms with van der Waals surface area (Å²) in [6.07, 6.45) is 6.09. The number of carbonyl (C=O) groups excluding carboxylic acids is 3. The highest BCUT2D eigenvalue weighted by atomic mass is 35.5. The van der Waals surface area contributed by atoms with Crippen molar-refractivity contribution in [3.8, 4) is 11.1 Å². The lowest BCUT2D eigenvalue weighted by atomic mass is 9.98. The number of aromatic nitrogens is 2. The zero-order chi connectivity index (χ0) is 32.1. The number of anilines is 2. The highest BCUT2D eigenvalue weighted by Crippen LogP contribution is 2.37. The maximum absolute atomic E-state index is 13.3. The molecule has 1 aliphatic heterocycles. The summed E-state index contributed by atoms with van der Waals surface area (Å²) in [4.78, 5) is 59.0. The summed E-state index contributed by atoms with van der Waals surface area (Å²) < 4.78 is 0. The minimum absolute atomic E-state index is 0.135. The molecule has 0 radical (unpaired) electrons. The van der Waals surface area contributed by atoms with Crippen LogP contribution in [-0.2, 0) is 11.3 Å². The van der Waals surface area contributed by atoms with E-state index in [1.54, 1.807) is 36.5 Å². The molecule has 0 aliphatic carbocycles. The summed E-state index contributed by atoms with van der Waals surface area (Å²) in [5, 5.41) is 15.6. The minimum atomic E-state index is -0.814. The number of carbonyl (C=O) groups is 4. The fourth-order valence-corrected chi connectivity index (χ4v) is 5.71. The number of hydrogen-bond acceptors (Lipinski definition) is 7. The van der Waals surface area contributed by atoms with Gasteiger partial charge in [0.1, 0.15) is 17.4 Å². The number of nitrogens with zero attached hydrogens (tertiary/aromatic N) is 3. The number of aryl methyl sites for hydroxylation is 1. The van der Waals surface area contributed by atoms with Crippen molar-refractivity contribution >= 4 is 47.0 Å². The van der Waals surface area contributed by atoms with Crippen LogP contribution in [0.4, 0.5) is 11.4 Å². The molecule has 0 saturated carbocycles. The lowest BCUT2D eigenvalue weighted by molar-refractivity contribution is -0.144. The number of halogens is 1. The van der Waals surface area contributed by atoms with Gasteiger partial charge in [0.2, 0.25) is 0 Å². The highest BCUT2D eigenvalue weighted by Gasteiger charge is 2.28. The number of pyridine rings is 2. The molecule has 45 heavy (non-hydrogen) atoms. The second-order valence-electron chi connectivity index (χ2n) is 11.0. The number of carboxylic acids is 1. The number of aliphatic carboxylic acids is 1. The van der Waals surface area contributed by atoms with Gasteiger partial charge >= 0.3 is 5.97 Å². The molecule has 0 spiro atoms. The number of nitrogens with one attached hydrogen (secondary N) is 2. The summed E-state index contributed by atoms with van der Waals surface area (Å²) >= 11 is 6.76. The van der Waals surface area contributed by atoms with E-state index in [1.807, 2.05) is 30.9 Å². The number of carboxylic acid groups (broad SMARTS) is 1. The Hall–Kier alpha value is -4.93. The average molecular weight is 626 g/mol. The summed E-state index contributed by atoms with van der Waals surface area (Å²) in [6, 6.07) is 14.9. The molecule has 0 unspecified atom stereocenters. The monoisotopic (exact) mass is 625 g/mol. The molecular weight excluding hydrogens is 594 g/mol. The van der Waals surface area contributed by atoms with Crippen LogP contribution in [0.25, 0.3) is 11.1 Å². The molecule has 0 bridgehead atoms. The van der Waals surface area contributed by atoms with Gasteiger partial charge in [0.25, 0.3) is 11.8 Å². The van der Waals surface area contributed by atoms with Gasteiger partial charge in [-0.1, -0.05) is 42.3 Å². The van der Waals surface area contributed by atoms with Gasteiger partial charge in [0.05, 0.1) is 10.7 Å². The third-order valence-electron chi connectivity index (χ3n) is 8.00. The van der Waals surface area contributed by atoms with Gasteiger partial charge in [-0.05, 0) is 85.8 Å². The van der Waals surface area contributed by atoms with Crippen molar-refractivity contribution in [2.24, 2.45) is 0 Å². The number of benzene rings is 2. The molecular formula is C34H32ClN5O5. The van der Waals surface area contributed by atoms with E-state index in [2.05, 4.69) is 20.6 Å². The van der Waals surface area contributed by atoms with Gasteiger partial charge in [-0.15, -0.1) is 0 Å². The van der Waals surface area contributed by atoms with E-state index in [9.17, 15) is 24.3 Å². The zero-order valence-electron chi connectivity index (χ0n) is 24.8. The molecule has 2 aromatic carbocycles. The Morgan fingerprint density at radius 1 is 0.933 bits per heavy atom. The van der Waals surface area contributed by atoms with Crippen molar-refractivity contribution in [3.05, 3.63) is 106 Å². The predicted molar refractivity (Wildman–Crippen MR) is 172 cm³/mol. The van der Waals surface area contributed by atoms with Crippen molar-refractivity contribution in [1.82, 2.24) is 14.9 Å². The van der Waals surface area contributed by atoms with E-state index in [0.29, 0.717) is 53.3 Å². The standard InChI is InChI=1S/C34H32ClN5O5/c1-20-15-29(37-17-23(20)18-40-14-4-3-11-30(40)34(44)45)33(43)38-26-9-5-7-24(21(26)2)25-8-6-10-27(31(25)35)39-32(42)28-13-12-22(19-41)16-36-28/h5-10,12-13,15-17,19,30H,3-4,11,14,18H2,1-2H3,(H,38,43)(H,39,42)(H,44,45)/t30-/m0/s1. The first-order valence-corrected chi connectivity index (χ1v) is 14.9. The maximum atomic E-state index is 13.3. The van der Waals surface area contributed by atoms with E-state index in [0.717, 1.165) is 35.1 Å². The van der Waals surface area contributed by atoms with Gasteiger partial charge in [-0.25, -0.2) is 0 Å². The van der Waals surface area contributed by atoms with Gasteiger partial charge < -0.3 is 15.7 Å². The van der Waals surface area contributed by atoms with Crippen LogP contribution in [0.2, 0.25) is 5.02 Å². The highest BCUT2D eigenvalue weighted by molar-refractivity contribution is 6.36.